The van der Waals surface area contributed by atoms with Crippen LogP contribution in [0.15, 0.2) is 67.0 Å². The molecule has 1 atom stereocenters. The lowest BCUT2D eigenvalue weighted by Gasteiger charge is -2.30. The molecule has 4 nitrogen and oxygen atoms in total. The van der Waals surface area contributed by atoms with Gasteiger partial charge in [-0.25, -0.2) is 4.98 Å². The Labute approximate surface area is 148 Å². The minimum Gasteiger partial charge on any atom is -0.390 e. The zero-order chi connectivity index (χ0) is 17.1. The van der Waals surface area contributed by atoms with Gasteiger partial charge >= 0.3 is 0 Å². The minimum atomic E-state index is -0.415. The summed E-state index contributed by atoms with van der Waals surface area (Å²) in [6.07, 6.45) is 4.38. The van der Waals surface area contributed by atoms with Crippen molar-refractivity contribution in [3.8, 4) is 11.4 Å². The lowest BCUT2D eigenvalue weighted by molar-refractivity contribution is 0.0921. The molecule has 25 heavy (non-hydrogen) atoms. The highest BCUT2D eigenvalue weighted by molar-refractivity contribution is 5.55. The largest absolute Gasteiger partial charge is 0.390 e. The van der Waals surface area contributed by atoms with E-state index in [1.165, 1.54) is 11.1 Å². The molecule has 4 rings (SSSR count). The maximum Gasteiger partial charge on any atom is 0.139 e. The van der Waals surface area contributed by atoms with Crippen molar-refractivity contribution in [2.24, 2.45) is 0 Å². The third-order valence-corrected chi connectivity index (χ3v) is 4.83. The molecule has 1 unspecified atom stereocenters. The number of β-amino-alcohol motifs (C(OH)–C–C–N with tert-alkyl or cyclic N) is 1. The maximum absolute atomic E-state index is 10.6. The number of aliphatic hydroxyl groups excluding tert-OH is 1. The van der Waals surface area contributed by atoms with Crippen molar-refractivity contribution in [3.05, 3.63) is 78.1 Å². The molecule has 4 heteroatoms. The molecule has 0 spiro atoms. The second-order valence-electron chi connectivity index (χ2n) is 6.68. The quantitative estimate of drug-likeness (QED) is 0.780. The average molecular weight is 333 g/mol. The predicted octanol–water partition coefficient (Wildman–Crippen LogP) is 2.97. The zero-order valence-corrected chi connectivity index (χ0v) is 14.3. The van der Waals surface area contributed by atoms with Crippen LogP contribution in [0.2, 0.25) is 0 Å². The summed E-state index contributed by atoms with van der Waals surface area (Å²) in [6.45, 7) is 3.16. The molecular weight excluding hydrogens is 310 g/mol. The highest BCUT2D eigenvalue weighted by Gasteiger charge is 2.19. The van der Waals surface area contributed by atoms with Crippen LogP contribution in [0.5, 0.6) is 0 Å². The van der Waals surface area contributed by atoms with E-state index in [0.717, 1.165) is 30.9 Å². The van der Waals surface area contributed by atoms with Gasteiger partial charge < -0.3 is 9.67 Å². The first-order valence-electron chi connectivity index (χ1n) is 8.83. The number of hydrogen-bond acceptors (Lipinski definition) is 3. The van der Waals surface area contributed by atoms with Crippen LogP contribution in [0.4, 0.5) is 0 Å². The van der Waals surface area contributed by atoms with Gasteiger partial charge in [0, 0.05) is 37.6 Å². The second kappa shape index (κ2) is 7.21. The summed E-state index contributed by atoms with van der Waals surface area (Å²) >= 11 is 0. The van der Waals surface area contributed by atoms with E-state index >= 15 is 0 Å². The molecule has 2 aromatic carbocycles. The first-order chi connectivity index (χ1) is 12.3. The van der Waals surface area contributed by atoms with Crippen molar-refractivity contribution in [1.29, 1.82) is 0 Å². The van der Waals surface area contributed by atoms with Gasteiger partial charge in [0.2, 0.25) is 0 Å². The van der Waals surface area contributed by atoms with Gasteiger partial charge in [0.05, 0.1) is 12.6 Å². The zero-order valence-electron chi connectivity index (χ0n) is 14.3. The number of benzene rings is 2. The summed E-state index contributed by atoms with van der Waals surface area (Å²) in [7, 11) is 0. The van der Waals surface area contributed by atoms with E-state index in [9.17, 15) is 5.11 Å². The Morgan fingerprint density at radius 3 is 2.56 bits per heavy atom. The third kappa shape index (κ3) is 3.65. The lowest BCUT2D eigenvalue weighted by Crippen LogP contribution is -2.38. The van der Waals surface area contributed by atoms with Gasteiger partial charge in [-0.2, -0.15) is 0 Å². The van der Waals surface area contributed by atoms with Crippen LogP contribution in [-0.2, 0) is 19.5 Å². The Balaban J connectivity index is 1.41. The SMILES string of the molecule is OC(CN1CCc2ccccc2C1)Cn1ccnc1-c1ccccc1. The van der Waals surface area contributed by atoms with E-state index in [2.05, 4.69) is 34.1 Å². The number of hydrogen-bond donors (Lipinski definition) is 1. The van der Waals surface area contributed by atoms with Gasteiger partial charge in [0.25, 0.3) is 0 Å². The van der Waals surface area contributed by atoms with Crippen LogP contribution in [-0.4, -0.2) is 38.8 Å². The van der Waals surface area contributed by atoms with E-state index < -0.39 is 6.10 Å². The van der Waals surface area contributed by atoms with Gasteiger partial charge in [-0.05, 0) is 17.5 Å². The smallest absolute Gasteiger partial charge is 0.139 e. The van der Waals surface area contributed by atoms with E-state index in [1.54, 1.807) is 6.20 Å². The molecule has 0 fully saturated rings. The van der Waals surface area contributed by atoms with Gasteiger partial charge in [-0.1, -0.05) is 54.6 Å². The molecule has 128 valence electrons. The molecular formula is C21H23N3O. The minimum absolute atomic E-state index is 0.415. The van der Waals surface area contributed by atoms with Crippen molar-refractivity contribution in [2.45, 2.75) is 25.6 Å². The predicted molar refractivity (Wildman–Crippen MR) is 99.1 cm³/mol. The van der Waals surface area contributed by atoms with Crippen LogP contribution in [0.1, 0.15) is 11.1 Å². The topological polar surface area (TPSA) is 41.3 Å². The van der Waals surface area contributed by atoms with Gasteiger partial charge in [0.1, 0.15) is 5.82 Å². The Morgan fingerprint density at radius 1 is 0.960 bits per heavy atom. The average Bonchev–Trinajstić information content (AvgIpc) is 3.10. The summed E-state index contributed by atoms with van der Waals surface area (Å²) in [5.74, 6) is 0.906. The number of imidazole rings is 1. The summed E-state index contributed by atoms with van der Waals surface area (Å²) in [6, 6.07) is 18.7. The Bertz CT molecular complexity index is 828. The molecule has 2 heterocycles. The van der Waals surface area contributed by atoms with Crippen LogP contribution >= 0.6 is 0 Å². The van der Waals surface area contributed by atoms with E-state index in [1.807, 2.05) is 41.1 Å². The molecule has 0 aliphatic carbocycles. The molecule has 1 aromatic heterocycles. The fourth-order valence-electron chi connectivity index (χ4n) is 3.60. The van der Waals surface area contributed by atoms with Gasteiger partial charge in [-0.15, -0.1) is 0 Å². The van der Waals surface area contributed by atoms with Crippen molar-refractivity contribution in [3.63, 3.8) is 0 Å². The monoisotopic (exact) mass is 333 g/mol. The first-order valence-corrected chi connectivity index (χ1v) is 8.83. The summed E-state index contributed by atoms with van der Waals surface area (Å²) in [5.41, 5.74) is 3.90. The van der Waals surface area contributed by atoms with Crippen molar-refractivity contribution >= 4 is 0 Å². The molecule has 1 aliphatic heterocycles. The maximum atomic E-state index is 10.6. The highest BCUT2D eigenvalue weighted by Crippen LogP contribution is 2.20. The second-order valence-corrected chi connectivity index (χ2v) is 6.68. The summed E-state index contributed by atoms with van der Waals surface area (Å²) in [4.78, 5) is 6.79. The summed E-state index contributed by atoms with van der Waals surface area (Å²) < 4.78 is 2.04. The number of aliphatic hydroxyl groups is 1. The molecule has 1 aliphatic rings. The van der Waals surface area contributed by atoms with Gasteiger partial charge in [-0.3, -0.25) is 4.90 Å². The normalized spacial score (nSPS) is 15.7. The third-order valence-electron chi connectivity index (χ3n) is 4.83. The molecule has 0 amide bonds. The fourth-order valence-corrected chi connectivity index (χ4v) is 3.60. The summed E-state index contributed by atoms with van der Waals surface area (Å²) in [5, 5.41) is 10.6. The van der Waals surface area contributed by atoms with E-state index in [0.29, 0.717) is 13.1 Å². The number of fused-ring (bicyclic) bond motifs is 1. The van der Waals surface area contributed by atoms with Crippen LogP contribution < -0.4 is 0 Å². The van der Waals surface area contributed by atoms with Gasteiger partial charge in [0.15, 0.2) is 0 Å². The molecule has 0 saturated heterocycles. The molecule has 0 radical (unpaired) electrons. The lowest BCUT2D eigenvalue weighted by atomic mass is 10.00. The Kier molecular flexibility index (Phi) is 4.63. The van der Waals surface area contributed by atoms with E-state index in [4.69, 9.17) is 0 Å². The van der Waals surface area contributed by atoms with Crippen LogP contribution in [0, 0.1) is 0 Å². The van der Waals surface area contributed by atoms with Crippen molar-refractivity contribution < 1.29 is 5.11 Å². The van der Waals surface area contributed by atoms with E-state index in [-0.39, 0.29) is 0 Å². The van der Waals surface area contributed by atoms with Crippen molar-refractivity contribution in [2.75, 3.05) is 13.1 Å². The fraction of sp³-hybridized carbons (Fsp3) is 0.286. The Hall–Kier alpha value is -2.43. The molecule has 3 aromatic rings. The molecule has 1 N–H and O–H groups in total. The Morgan fingerprint density at radius 2 is 1.72 bits per heavy atom. The van der Waals surface area contributed by atoms with Crippen LogP contribution in [0.3, 0.4) is 0 Å². The molecule has 0 saturated carbocycles. The number of aromatic nitrogens is 2. The first kappa shape index (κ1) is 16.1. The highest BCUT2D eigenvalue weighted by atomic mass is 16.3. The van der Waals surface area contributed by atoms with Crippen LogP contribution in [0.25, 0.3) is 11.4 Å². The number of nitrogens with zero attached hydrogens (tertiary/aromatic N) is 3. The molecule has 0 bridgehead atoms. The van der Waals surface area contributed by atoms with Crippen molar-refractivity contribution in [1.82, 2.24) is 14.5 Å². The number of rotatable bonds is 5. The standard InChI is InChI=1S/C21H23N3O/c25-20(15-23-12-10-17-6-4-5-9-19(17)14-23)16-24-13-11-22-21(24)18-7-2-1-3-8-18/h1-9,11,13,20,25H,10,12,14-16H2.